The monoisotopic (exact) mass is 297 g/mol. The minimum atomic E-state index is -2.33. The van der Waals surface area contributed by atoms with Gasteiger partial charge in [0.15, 0.2) is 29.1 Å². The first-order valence-corrected chi connectivity index (χ1v) is 5.04. The van der Waals surface area contributed by atoms with Crippen molar-refractivity contribution in [2.24, 2.45) is 0 Å². The van der Waals surface area contributed by atoms with Crippen LogP contribution in [0.25, 0.3) is 11.1 Å². The smallest absolute Gasteiger partial charge is 0.200 e. The Morgan fingerprint density at radius 1 is 0.684 bits per heavy atom. The summed E-state index contributed by atoms with van der Waals surface area (Å²) in [5.74, 6) is -12.3. The number of rotatable bonds is 1. The van der Waals surface area contributed by atoms with E-state index in [0.717, 1.165) is 6.20 Å². The fourth-order valence-electron chi connectivity index (χ4n) is 1.47. The molecule has 0 saturated carbocycles. The minimum Gasteiger partial charge on any atom is -0.260 e. The van der Waals surface area contributed by atoms with Crippen molar-refractivity contribution < 1.29 is 26.3 Å². The van der Waals surface area contributed by atoms with Crippen LogP contribution in [0.3, 0.4) is 0 Å². The molecular formula is C11H2ClF6N. The average molecular weight is 298 g/mol. The number of hydrogen-bond acceptors (Lipinski definition) is 1. The van der Waals surface area contributed by atoms with Gasteiger partial charge in [0.05, 0.1) is 16.8 Å². The Bertz CT molecular complexity index is 623. The fraction of sp³-hybridized carbons (Fsp3) is 0. The Morgan fingerprint density at radius 3 is 1.63 bits per heavy atom. The average Bonchev–Trinajstić information content (AvgIpc) is 2.37. The van der Waals surface area contributed by atoms with Crippen LogP contribution < -0.4 is 0 Å². The minimum absolute atomic E-state index is 0.541. The molecule has 0 atom stereocenters. The summed E-state index contributed by atoms with van der Waals surface area (Å²) in [5.41, 5.74) is -2.37. The van der Waals surface area contributed by atoms with Gasteiger partial charge in [0.25, 0.3) is 0 Å². The molecule has 2 rings (SSSR count). The lowest BCUT2D eigenvalue weighted by Crippen LogP contribution is -2.05. The van der Waals surface area contributed by atoms with E-state index in [1.807, 2.05) is 0 Å². The lowest BCUT2D eigenvalue weighted by molar-refractivity contribution is 0.381. The van der Waals surface area contributed by atoms with Crippen molar-refractivity contribution in [3.05, 3.63) is 52.3 Å². The number of nitrogens with zero attached hydrogens (tertiary/aromatic N) is 1. The highest BCUT2D eigenvalue weighted by atomic mass is 35.5. The highest BCUT2D eigenvalue weighted by molar-refractivity contribution is 6.33. The van der Waals surface area contributed by atoms with Gasteiger partial charge in [-0.2, -0.15) is 0 Å². The standard InChI is InChI=1S/C11H2ClF6N/c12-3-1-19-2-4(13)5(3)6-7(14)9(16)11(18)10(17)8(6)15/h1-2H. The Kier molecular flexibility index (Phi) is 3.40. The van der Waals surface area contributed by atoms with Crippen LogP contribution in [0.15, 0.2) is 12.4 Å². The maximum absolute atomic E-state index is 13.5. The van der Waals surface area contributed by atoms with Crippen LogP contribution in [-0.2, 0) is 0 Å². The summed E-state index contributed by atoms with van der Waals surface area (Å²) in [4.78, 5) is 3.28. The van der Waals surface area contributed by atoms with E-state index in [4.69, 9.17) is 11.6 Å². The Morgan fingerprint density at radius 2 is 1.16 bits per heavy atom. The van der Waals surface area contributed by atoms with E-state index in [1.54, 1.807) is 0 Å². The van der Waals surface area contributed by atoms with Gasteiger partial charge in [0.1, 0.15) is 0 Å². The van der Waals surface area contributed by atoms with E-state index >= 15 is 0 Å². The van der Waals surface area contributed by atoms with Gasteiger partial charge < -0.3 is 0 Å². The quantitative estimate of drug-likeness (QED) is 0.436. The SMILES string of the molecule is Fc1cncc(Cl)c1-c1c(F)c(F)c(F)c(F)c1F. The van der Waals surface area contributed by atoms with Gasteiger partial charge in [-0.05, 0) is 0 Å². The second kappa shape index (κ2) is 4.73. The van der Waals surface area contributed by atoms with Crippen molar-refractivity contribution in [1.29, 1.82) is 0 Å². The van der Waals surface area contributed by atoms with Crippen LogP contribution in [0.2, 0.25) is 5.02 Å². The third-order valence-corrected chi connectivity index (χ3v) is 2.60. The summed E-state index contributed by atoms with van der Waals surface area (Å²) in [6.45, 7) is 0. The molecule has 0 unspecified atom stereocenters. The summed E-state index contributed by atoms with van der Waals surface area (Å²) in [6.07, 6.45) is 1.36. The van der Waals surface area contributed by atoms with Crippen LogP contribution in [-0.4, -0.2) is 4.98 Å². The second-order valence-corrected chi connectivity index (χ2v) is 3.83. The number of halogens is 7. The molecule has 1 nitrogen and oxygen atoms in total. The zero-order valence-electron chi connectivity index (χ0n) is 8.75. The zero-order valence-corrected chi connectivity index (χ0v) is 9.50. The summed E-state index contributed by atoms with van der Waals surface area (Å²) in [7, 11) is 0. The van der Waals surface area contributed by atoms with Gasteiger partial charge in [-0.1, -0.05) is 11.6 Å². The first-order valence-electron chi connectivity index (χ1n) is 4.67. The van der Waals surface area contributed by atoms with Crippen LogP contribution in [0.1, 0.15) is 0 Å². The lowest BCUT2D eigenvalue weighted by atomic mass is 10.0. The van der Waals surface area contributed by atoms with Crippen molar-refractivity contribution in [3.63, 3.8) is 0 Å². The predicted octanol–water partition coefficient (Wildman–Crippen LogP) is 4.24. The summed E-state index contributed by atoms with van der Waals surface area (Å²) >= 11 is 5.48. The molecule has 1 aromatic carbocycles. The molecule has 100 valence electrons. The summed E-state index contributed by atoms with van der Waals surface area (Å²) in [6, 6.07) is 0. The number of pyridine rings is 1. The predicted molar refractivity (Wildman–Crippen MR) is 54.4 cm³/mol. The third-order valence-electron chi connectivity index (χ3n) is 2.31. The molecule has 0 N–H and O–H groups in total. The number of benzene rings is 1. The molecule has 1 aromatic heterocycles. The van der Waals surface area contributed by atoms with Crippen LogP contribution in [0.5, 0.6) is 0 Å². The molecule has 0 saturated heterocycles. The maximum Gasteiger partial charge on any atom is 0.200 e. The highest BCUT2D eigenvalue weighted by Gasteiger charge is 2.29. The molecule has 8 heteroatoms. The second-order valence-electron chi connectivity index (χ2n) is 3.42. The number of hydrogen-bond donors (Lipinski definition) is 0. The van der Waals surface area contributed by atoms with E-state index in [0.29, 0.717) is 6.20 Å². The molecule has 0 aliphatic rings. The fourth-order valence-corrected chi connectivity index (χ4v) is 1.72. The normalized spacial score (nSPS) is 10.9. The van der Waals surface area contributed by atoms with Gasteiger partial charge in [0.2, 0.25) is 5.82 Å². The molecule has 19 heavy (non-hydrogen) atoms. The van der Waals surface area contributed by atoms with Gasteiger partial charge in [-0.15, -0.1) is 0 Å². The molecule has 0 radical (unpaired) electrons. The van der Waals surface area contributed by atoms with Crippen molar-refractivity contribution >= 4 is 11.6 Å². The third kappa shape index (κ3) is 2.03. The van der Waals surface area contributed by atoms with Gasteiger partial charge >= 0.3 is 0 Å². The summed E-state index contributed by atoms with van der Waals surface area (Å²) < 4.78 is 79.3. The molecule has 0 bridgehead atoms. The van der Waals surface area contributed by atoms with E-state index in [-0.39, 0.29) is 0 Å². The number of aromatic nitrogens is 1. The Balaban J connectivity index is 2.92. The molecule has 1 heterocycles. The molecular weight excluding hydrogens is 296 g/mol. The van der Waals surface area contributed by atoms with E-state index in [9.17, 15) is 26.3 Å². The molecule has 0 amide bonds. The summed E-state index contributed by atoms with van der Waals surface area (Å²) in [5, 5.41) is -0.580. The topological polar surface area (TPSA) is 12.9 Å². The van der Waals surface area contributed by atoms with Gasteiger partial charge in [-0.25, -0.2) is 26.3 Å². The molecule has 2 aromatic rings. The first-order chi connectivity index (χ1) is 8.86. The van der Waals surface area contributed by atoms with E-state index in [2.05, 4.69) is 4.98 Å². The highest BCUT2D eigenvalue weighted by Crippen LogP contribution is 2.36. The van der Waals surface area contributed by atoms with E-state index in [1.165, 1.54) is 0 Å². The molecule has 0 aliphatic carbocycles. The Labute approximate surface area is 107 Å². The van der Waals surface area contributed by atoms with E-state index < -0.39 is 51.1 Å². The molecule has 0 fully saturated rings. The van der Waals surface area contributed by atoms with Crippen molar-refractivity contribution in [3.8, 4) is 11.1 Å². The molecule has 0 aliphatic heterocycles. The van der Waals surface area contributed by atoms with Gasteiger partial charge in [0, 0.05) is 11.8 Å². The lowest BCUT2D eigenvalue weighted by Gasteiger charge is -2.10. The van der Waals surface area contributed by atoms with Crippen molar-refractivity contribution in [2.45, 2.75) is 0 Å². The van der Waals surface area contributed by atoms with Crippen LogP contribution in [0.4, 0.5) is 26.3 Å². The van der Waals surface area contributed by atoms with Crippen LogP contribution in [0, 0.1) is 34.9 Å². The van der Waals surface area contributed by atoms with Crippen molar-refractivity contribution in [1.82, 2.24) is 4.98 Å². The van der Waals surface area contributed by atoms with Crippen molar-refractivity contribution in [2.75, 3.05) is 0 Å². The van der Waals surface area contributed by atoms with Crippen LogP contribution >= 0.6 is 11.6 Å². The Hall–Kier alpha value is -1.76. The molecule has 0 spiro atoms. The maximum atomic E-state index is 13.5. The van der Waals surface area contributed by atoms with Gasteiger partial charge in [-0.3, -0.25) is 4.98 Å². The largest absolute Gasteiger partial charge is 0.260 e. The first kappa shape index (κ1) is 13.7. The zero-order chi connectivity index (χ0) is 14.3.